The molecule has 1 unspecified atom stereocenters. The van der Waals surface area contributed by atoms with Gasteiger partial charge in [-0.25, -0.2) is 4.98 Å². The summed E-state index contributed by atoms with van der Waals surface area (Å²) in [5.74, 6) is 1.20. The Bertz CT molecular complexity index is 468. The van der Waals surface area contributed by atoms with Gasteiger partial charge in [-0.2, -0.15) is 0 Å². The minimum absolute atomic E-state index is 0.312. The highest BCUT2D eigenvalue weighted by Gasteiger charge is 2.27. The molecule has 0 spiro atoms. The lowest BCUT2D eigenvalue weighted by molar-refractivity contribution is 0.111. The Labute approximate surface area is 101 Å². The third kappa shape index (κ3) is 2.11. The van der Waals surface area contributed by atoms with Crippen LogP contribution in [0.15, 0.2) is 36.7 Å². The largest absolute Gasteiger partial charge is 0.392 e. The quantitative estimate of drug-likeness (QED) is 0.840. The summed E-state index contributed by atoms with van der Waals surface area (Å²) in [5.41, 5.74) is 2.77. The van der Waals surface area contributed by atoms with Crippen molar-refractivity contribution in [3.8, 4) is 0 Å². The Balaban J connectivity index is 1.68. The van der Waals surface area contributed by atoms with Crippen LogP contribution in [0.3, 0.4) is 0 Å². The van der Waals surface area contributed by atoms with Crippen LogP contribution in [0.1, 0.15) is 17.0 Å². The molecule has 2 aromatic rings. The molecule has 1 aliphatic carbocycles. The van der Waals surface area contributed by atoms with E-state index in [0.29, 0.717) is 12.3 Å². The van der Waals surface area contributed by atoms with Crippen molar-refractivity contribution in [2.75, 3.05) is 0 Å². The van der Waals surface area contributed by atoms with E-state index in [9.17, 15) is 5.11 Å². The molecule has 1 atom stereocenters. The molecule has 1 aliphatic rings. The number of benzene rings is 1. The van der Waals surface area contributed by atoms with Gasteiger partial charge in [-0.15, -0.1) is 0 Å². The summed E-state index contributed by atoms with van der Waals surface area (Å²) in [6.45, 7) is 0. The topological polar surface area (TPSA) is 48.9 Å². The highest BCUT2D eigenvalue weighted by Crippen LogP contribution is 2.29. The molecular weight excluding hydrogens is 212 g/mol. The molecule has 0 radical (unpaired) electrons. The second-order valence-electron chi connectivity index (χ2n) is 4.74. The molecule has 1 heterocycles. The Morgan fingerprint density at radius 3 is 2.59 bits per heavy atom. The lowest BCUT2D eigenvalue weighted by Crippen LogP contribution is -2.23. The van der Waals surface area contributed by atoms with Gasteiger partial charge in [-0.05, 0) is 29.9 Å². The molecule has 3 heteroatoms. The first-order valence-electron chi connectivity index (χ1n) is 6.06. The van der Waals surface area contributed by atoms with Crippen LogP contribution in [0.5, 0.6) is 0 Å². The Morgan fingerprint density at radius 2 is 2.00 bits per heavy atom. The van der Waals surface area contributed by atoms with Crippen molar-refractivity contribution in [3.05, 3.63) is 53.6 Å². The summed E-state index contributed by atoms with van der Waals surface area (Å²) in [5, 5.41) is 10.2. The minimum Gasteiger partial charge on any atom is -0.392 e. The zero-order chi connectivity index (χ0) is 11.7. The van der Waals surface area contributed by atoms with Crippen molar-refractivity contribution < 1.29 is 5.11 Å². The predicted molar refractivity (Wildman–Crippen MR) is 65.6 cm³/mol. The first kappa shape index (κ1) is 10.5. The average Bonchev–Trinajstić information content (AvgIpc) is 2.96. The van der Waals surface area contributed by atoms with E-state index in [0.717, 1.165) is 18.7 Å². The number of aliphatic hydroxyl groups excluding tert-OH is 1. The van der Waals surface area contributed by atoms with Crippen LogP contribution in [0, 0.1) is 5.92 Å². The average molecular weight is 228 g/mol. The predicted octanol–water partition coefficient (Wildman–Crippen LogP) is 1.73. The van der Waals surface area contributed by atoms with Crippen molar-refractivity contribution in [1.29, 1.82) is 0 Å². The molecule has 1 aromatic heterocycles. The van der Waals surface area contributed by atoms with E-state index in [1.807, 2.05) is 0 Å². The smallest absolute Gasteiger partial charge is 0.108 e. The number of fused-ring (bicyclic) bond motifs is 1. The van der Waals surface area contributed by atoms with E-state index < -0.39 is 0 Å². The number of nitrogens with one attached hydrogen (secondary N) is 1. The van der Waals surface area contributed by atoms with Crippen molar-refractivity contribution >= 4 is 0 Å². The van der Waals surface area contributed by atoms with Gasteiger partial charge in [0.25, 0.3) is 0 Å². The number of imidazole rings is 1. The molecule has 0 saturated heterocycles. The van der Waals surface area contributed by atoms with E-state index in [1.54, 1.807) is 12.4 Å². The van der Waals surface area contributed by atoms with E-state index in [-0.39, 0.29) is 6.10 Å². The molecule has 0 saturated carbocycles. The normalized spacial score (nSPS) is 17.0. The maximum absolute atomic E-state index is 10.2. The van der Waals surface area contributed by atoms with Gasteiger partial charge in [-0.1, -0.05) is 24.3 Å². The van der Waals surface area contributed by atoms with Crippen molar-refractivity contribution in [2.45, 2.75) is 25.4 Å². The van der Waals surface area contributed by atoms with Crippen molar-refractivity contribution in [2.24, 2.45) is 5.92 Å². The molecule has 88 valence electrons. The van der Waals surface area contributed by atoms with E-state index in [4.69, 9.17) is 0 Å². The van der Waals surface area contributed by atoms with Crippen LogP contribution in [0.2, 0.25) is 0 Å². The summed E-state index contributed by atoms with van der Waals surface area (Å²) in [4.78, 5) is 7.20. The lowest BCUT2D eigenvalue weighted by Gasteiger charge is -2.16. The molecule has 2 N–H and O–H groups in total. The number of nitrogens with zero attached hydrogens (tertiary/aromatic N) is 1. The molecular formula is C14H16N2O. The Morgan fingerprint density at radius 1 is 1.29 bits per heavy atom. The fourth-order valence-corrected chi connectivity index (χ4v) is 2.64. The van der Waals surface area contributed by atoms with Gasteiger partial charge in [0.2, 0.25) is 0 Å². The first-order chi connectivity index (χ1) is 8.33. The van der Waals surface area contributed by atoms with Crippen molar-refractivity contribution in [1.82, 2.24) is 9.97 Å². The molecule has 0 bridgehead atoms. The zero-order valence-corrected chi connectivity index (χ0v) is 9.63. The molecule has 0 aliphatic heterocycles. The number of aliphatic hydroxyl groups is 1. The van der Waals surface area contributed by atoms with E-state index >= 15 is 0 Å². The fourth-order valence-electron chi connectivity index (χ4n) is 2.64. The van der Waals surface area contributed by atoms with Gasteiger partial charge < -0.3 is 10.1 Å². The zero-order valence-electron chi connectivity index (χ0n) is 9.63. The molecule has 0 amide bonds. The van der Waals surface area contributed by atoms with Gasteiger partial charge in [0.15, 0.2) is 0 Å². The number of hydrogen-bond acceptors (Lipinski definition) is 2. The monoisotopic (exact) mass is 228 g/mol. The van der Waals surface area contributed by atoms with Crippen LogP contribution in [-0.4, -0.2) is 21.2 Å². The SMILES string of the molecule is OC(Cc1ncc[nH]1)C1Cc2ccccc2C1. The lowest BCUT2D eigenvalue weighted by atomic mass is 9.96. The summed E-state index contributed by atoms with van der Waals surface area (Å²) in [6.07, 6.45) is 5.80. The highest BCUT2D eigenvalue weighted by molar-refractivity contribution is 5.32. The van der Waals surface area contributed by atoms with Gasteiger partial charge in [-0.3, -0.25) is 0 Å². The summed E-state index contributed by atoms with van der Waals surface area (Å²) < 4.78 is 0. The molecule has 3 nitrogen and oxygen atoms in total. The second-order valence-corrected chi connectivity index (χ2v) is 4.74. The third-order valence-electron chi connectivity index (χ3n) is 3.58. The van der Waals surface area contributed by atoms with Gasteiger partial charge in [0.1, 0.15) is 5.82 Å². The molecule has 3 rings (SSSR count). The van der Waals surface area contributed by atoms with E-state index in [1.165, 1.54) is 11.1 Å². The number of H-pyrrole nitrogens is 1. The maximum atomic E-state index is 10.2. The number of rotatable bonds is 3. The Kier molecular flexibility index (Phi) is 2.69. The van der Waals surface area contributed by atoms with Crippen molar-refractivity contribution in [3.63, 3.8) is 0 Å². The number of aromatic nitrogens is 2. The fraction of sp³-hybridized carbons (Fsp3) is 0.357. The standard InChI is InChI=1S/C14H16N2O/c17-13(9-14-15-5-6-16-14)12-7-10-3-1-2-4-11(10)8-12/h1-6,12-13,17H,7-9H2,(H,15,16). The third-order valence-corrected chi connectivity index (χ3v) is 3.58. The summed E-state index contributed by atoms with van der Waals surface area (Å²) >= 11 is 0. The van der Waals surface area contributed by atoms with Crippen LogP contribution in [-0.2, 0) is 19.3 Å². The highest BCUT2D eigenvalue weighted by atomic mass is 16.3. The number of aromatic amines is 1. The van der Waals surface area contributed by atoms with Crippen LogP contribution < -0.4 is 0 Å². The van der Waals surface area contributed by atoms with Crippen LogP contribution >= 0.6 is 0 Å². The van der Waals surface area contributed by atoms with Crippen LogP contribution in [0.25, 0.3) is 0 Å². The maximum Gasteiger partial charge on any atom is 0.108 e. The molecule has 17 heavy (non-hydrogen) atoms. The van der Waals surface area contributed by atoms with Gasteiger partial charge in [0, 0.05) is 18.8 Å². The van der Waals surface area contributed by atoms with E-state index in [2.05, 4.69) is 34.2 Å². The number of hydrogen-bond donors (Lipinski definition) is 2. The first-order valence-corrected chi connectivity index (χ1v) is 6.06. The summed E-state index contributed by atoms with van der Waals surface area (Å²) in [7, 11) is 0. The molecule has 0 fully saturated rings. The minimum atomic E-state index is -0.312. The summed E-state index contributed by atoms with van der Waals surface area (Å²) in [6, 6.07) is 8.46. The molecule has 1 aromatic carbocycles. The van der Waals surface area contributed by atoms with Crippen LogP contribution in [0.4, 0.5) is 0 Å². The Hall–Kier alpha value is -1.61. The van der Waals surface area contributed by atoms with Gasteiger partial charge >= 0.3 is 0 Å². The second kappa shape index (κ2) is 4.34. The van der Waals surface area contributed by atoms with Gasteiger partial charge in [0.05, 0.1) is 6.10 Å².